The molecule has 16 heavy (non-hydrogen) atoms. The molecule has 0 aliphatic carbocycles. The van der Waals surface area contributed by atoms with Crippen molar-refractivity contribution in [3.8, 4) is 0 Å². The largest absolute Gasteiger partial charge is 0.348 e. The number of nitrogens with zero attached hydrogens (tertiary/aromatic N) is 3. The van der Waals surface area contributed by atoms with E-state index in [-0.39, 0.29) is 0 Å². The average Bonchev–Trinajstić information content (AvgIpc) is 2.83. The Bertz CT molecular complexity index is 448. The lowest BCUT2D eigenvalue weighted by atomic mass is 10.3. The lowest BCUT2D eigenvalue weighted by molar-refractivity contribution is 0.387. The molecule has 0 radical (unpaired) electrons. The van der Waals surface area contributed by atoms with Crippen molar-refractivity contribution in [2.45, 2.75) is 26.8 Å². The fourth-order valence-electron chi connectivity index (χ4n) is 1.42. The molecule has 0 bridgehead atoms. The Hall–Kier alpha value is -1.69. The van der Waals surface area contributed by atoms with E-state index in [1.807, 2.05) is 6.92 Å². The van der Waals surface area contributed by atoms with Gasteiger partial charge in [-0.15, -0.1) is 0 Å². The van der Waals surface area contributed by atoms with Gasteiger partial charge in [-0.05, 0) is 6.92 Å². The third-order valence-electron chi connectivity index (χ3n) is 2.32. The first kappa shape index (κ1) is 10.8. The Morgan fingerprint density at radius 2 is 2.31 bits per heavy atom. The topological polar surface area (TPSA) is 79.6 Å². The van der Waals surface area contributed by atoms with E-state index in [9.17, 15) is 0 Å². The first-order chi connectivity index (χ1) is 7.75. The van der Waals surface area contributed by atoms with Crippen molar-refractivity contribution >= 4 is 0 Å². The molecule has 2 aromatic heterocycles. The summed E-state index contributed by atoms with van der Waals surface area (Å²) >= 11 is 0. The van der Waals surface area contributed by atoms with E-state index in [1.54, 1.807) is 13.3 Å². The van der Waals surface area contributed by atoms with E-state index in [0.717, 1.165) is 36.7 Å². The molecule has 0 saturated heterocycles. The highest BCUT2D eigenvalue weighted by atomic mass is 16.5. The number of imidazole rings is 1. The van der Waals surface area contributed by atoms with Gasteiger partial charge in [-0.2, -0.15) is 4.98 Å². The van der Waals surface area contributed by atoms with Gasteiger partial charge >= 0.3 is 0 Å². The minimum Gasteiger partial charge on any atom is -0.348 e. The quantitative estimate of drug-likeness (QED) is 0.728. The zero-order chi connectivity index (χ0) is 11.4. The lowest BCUT2D eigenvalue weighted by Crippen LogP contribution is -2.18. The summed E-state index contributed by atoms with van der Waals surface area (Å²) < 4.78 is 4.88. The van der Waals surface area contributed by atoms with Crippen molar-refractivity contribution in [3.63, 3.8) is 0 Å². The number of aromatic amines is 1. The highest BCUT2D eigenvalue weighted by Crippen LogP contribution is 1.99. The van der Waals surface area contributed by atoms with Crippen LogP contribution in [-0.2, 0) is 13.0 Å². The number of rotatable bonds is 5. The Morgan fingerprint density at radius 3 is 2.94 bits per heavy atom. The van der Waals surface area contributed by atoms with Crippen molar-refractivity contribution in [1.29, 1.82) is 0 Å². The second kappa shape index (κ2) is 4.89. The SMILES string of the molecule is Cc1nc(CCNCc2nc[nH]c2C)no1. The number of H-pyrrole nitrogens is 1. The van der Waals surface area contributed by atoms with Crippen LogP contribution < -0.4 is 5.32 Å². The van der Waals surface area contributed by atoms with Crippen LogP contribution in [0.1, 0.15) is 23.1 Å². The molecule has 86 valence electrons. The van der Waals surface area contributed by atoms with Gasteiger partial charge in [0.1, 0.15) is 0 Å². The van der Waals surface area contributed by atoms with Crippen LogP contribution in [0.15, 0.2) is 10.9 Å². The Balaban J connectivity index is 1.71. The van der Waals surface area contributed by atoms with Crippen LogP contribution in [-0.4, -0.2) is 26.7 Å². The summed E-state index contributed by atoms with van der Waals surface area (Å²) in [5.74, 6) is 1.35. The van der Waals surface area contributed by atoms with Gasteiger partial charge in [0.25, 0.3) is 0 Å². The molecule has 2 rings (SSSR count). The third kappa shape index (κ3) is 2.66. The fourth-order valence-corrected chi connectivity index (χ4v) is 1.42. The predicted octanol–water partition coefficient (Wildman–Crippen LogP) is 0.742. The number of hydrogen-bond acceptors (Lipinski definition) is 5. The smallest absolute Gasteiger partial charge is 0.223 e. The van der Waals surface area contributed by atoms with Crippen LogP contribution >= 0.6 is 0 Å². The molecule has 0 aliphatic heterocycles. The number of aromatic nitrogens is 4. The van der Waals surface area contributed by atoms with Crippen LogP contribution in [0, 0.1) is 13.8 Å². The highest BCUT2D eigenvalue weighted by Gasteiger charge is 2.02. The van der Waals surface area contributed by atoms with E-state index in [4.69, 9.17) is 4.52 Å². The monoisotopic (exact) mass is 221 g/mol. The Labute approximate surface area is 93.5 Å². The predicted molar refractivity (Wildman–Crippen MR) is 57.8 cm³/mol. The van der Waals surface area contributed by atoms with Gasteiger partial charge in [0.15, 0.2) is 5.82 Å². The molecule has 0 fully saturated rings. The van der Waals surface area contributed by atoms with Crippen LogP contribution in [0.25, 0.3) is 0 Å². The highest BCUT2D eigenvalue weighted by molar-refractivity contribution is 5.07. The number of hydrogen-bond donors (Lipinski definition) is 2. The van der Waals surface area contributed by atoms with E-state index >= 15 is 0 Å². The molecule has 6 nitrogen and oxygen atoms in total. The maximum Gasteiger partial charge on any atom is 0.223 e. The zero-order valence-corrected chi connectivity index (χ0v) is 9.45. The van der Waals surface area contributed by atoms with Crippen LogP contribution in [0.5, 0.6) is 0 Å². The molecule has 2 N–H and O–H groups in total. The Morgan fingerprint density at radius 1 is 1.44 bits per heavy atom. The second-order valence-electron chi connectivity index (χ2n) is 3.63. The maximum absolute atomic E-state index is 4.88. The lowest BCUT2D eigenvalue weighted by Gasteiger charge is -2.00. The van der Waals surface area contributed by atoms with Crippen molar-refractivity contribution in [2.75, 3.05) is 6.54 Å². The maximum atomic E-state index is 4.88. The van der Waals surface area contributed by atoms with Crippen LogP contribution in [0.4, 0.5) is 0 Å². The van der Waals surface area contributed by atoms with E-state index in [1.165, 1.54) is 0 Å². The molecule has 2 heterocycles. The van der Waals surface area contributed by atoms with Crippen molar-refractivity contribution < 1.29 is 4.52 Å². The third-order valence-corrected chi connectivity index (χ3v) is 2.32. The van der Waals surface area contributed by atoms with Gasteiger partial charge in [-0.25, -0.2) is 4.98 Å². The molecule has 0 saturated carbocycles. The molecule has 0 atom stereocenters. The van der Waals surface area contributed by atoms with Crippen molar-refractivity contribution in [3.05, 3.63) is 29.4 Å². The summed E-state index contributed by atoms with van der Waals surface area (Å²) in [6.45, 7) is 5.36. The van der Waals surface area contributed by atoms with Crippen LogP contribution in [0.2, 0.25) is 0 Å². The van der Waals surface area contributed by atoms with Gasteiger partial charge in [-0.3, -0.25) is 0 Å². The number of aryl methyl sites for hydroxylation is 2. The molecule has 0 amide bonds. The normalized spacial score (nSPS) is 10.9. The van der Waals surface area contributed by atoms with Gasteiger partial charge in [-0.1, -0.05) is 5.16 Å². The molecule has 0 aliphatic rings. The first-order valence-electron chi connectivity index (χ1n) is 5.24. The summed E-state index contributed by atoms with van der Waals surface area (Å²) in [5, 5.41) is 7.10. The van der Waals surface area contributed by atoms with Gasteiger partial charge < -0.3 is 14.8 Å². The summed E-state index contributed by atoms with van der Waals surface area (Å²) in [7, 11) is 0. The first-order valence-corrected chi connectivity index (χ1v) is 5.24. The molecular formula is C10H15N5O. The van der Waals surface area contributed by atoms with Gasteiger partial charge in [0.2, 0.25) is 5.89 Å². The summed E-state index contributed by atoms with van der Waals surface area (Å²) in [6, 6.07) is 0. The Kier molecular flexibility index (Phi) is 3.31. The molecule has 2 aromatic rings. The van der Waals surface area contributed by atoms with E-state index in [2.05, 4.69) is 25.4 Å². The molecule has 0 unspecified atom stereocenters. The van der Waals surface area contributed by atoms with Crippen molar-refractivity contribution in [2.24, 2.45) is 0 Å². The van der Waals surface area contributed by atoms with E-state index in [0.29, 0.717) is 5.89 Å². The molecular weight excluding hydrogens is 206 g/mol. The summed E-state index contributed by atoms with van der Waals surface area (Å²) in [5.41, 5.74) is 2.15. The minimum atomic E-state index is 0.609. The van der Waals surface area contributed by atoms with Gasteiger partial charge in [0.05, 0.1) is 12.0 Å². The van der Waals surface area contributed by atoms with Crippen LogP contribution in [0.3, 0.4) is 0 Å². The average molecular weight is 221 g/mol. The standard InChI is InChI=1S/C10H15N5O/c1-7-9(13-6-12-7)5-11-4-3-10-14-8(2)16-15-10/h6,11H,3-5H2,1-2H3,(H,12,13). The fraction of sp³-hybridized carbons (Fsp3) is 0.500. The van der Waals surface area contributed by atoms with E-state index < -0.39 is 0 Å². The number of nitrogens with one attached hydrogen (secondary N) is 2. The van der Waals surface area contributed by atoms with Gasteiger partial charge in [0, 0.05) is 32.1 Å². The second-order valence-corrected chi connectivity index (χ2v) is 3.63. The van der Waals surface area contributed by atoms with Crippen molar-refractivity contribution in [1.82, 2.24) is 25.4 Å². The molecule has 0 spiro atoms. The summed E-state index contributed by atoms with van der Waals surface area (Å²) in [4.78, 5) is 11.4. The zero-order valence-electron chi connectivity index (χ0n) is 9.45. The molecule has 6 heteroatoms. The minimum absolute atomic E-state index is 0.609. The molecule has 0 aromatic carbocycles. The summed E-state index contributed by atoms with van der Waals surface area (Å²) in [6.07, 6.45) is 2.47.